The first-order valence-electron chi connectivity index (χ1n) is 9.19. The quantitative estimate of drug-likeness (QED) is 0.151. The topological polar surface area (TPSA) is 240 Å². The van der Waals surface area contributed by atoms with Crippen LogP contribution in [0.2, 0.25) is 0 Å². The number of hydrogen-bond acceptors (Lipinski definition) is 8. The zero-order valence-electron chi connectivity index (χ0n) is 16.9. The van der Waals surface area contributed by atoms with Crippen LogP contribution in [0.1, 0.15) is 44.2 Å². The van der Waals surface area contributed by atoms with E-state index in [-0.39, 0.29) is 40.8 Å². The number of anilines is 1. The zero-order chi connectivity index (χ0) is 24.5. The van der Waals surface area contributed by atoms with Gasteiger partial charge < -0.3 is 32.3 Å². The number of hydrogen-bond donors (Lipinski definition) is 6. The molecule has 1 heterocycles. The number of amides is 2. The molecule has 2 amide bonds. The normalized spacial score (nSPS) is 11.0. The van der Waals surface area contributed by atoms with Crippen LogP contribution < -0.4 is 22.1 Å². The molecule has 2 rings (SSSR count). The number of nitrogens with zero attached hydrogens (tertiary/aromatic N) is 3. The lowest BCUT2D eigenvalue weighted by atomic mass is 10.1. The number of carbonyl (C=O) groups is 5. The van der Waals surface area contributed by atoms with Gasteiger partial charge in [-0.2, -0.15) is 4.99 Å². The second-order valence-electron chi connectivity index (χ2n) is 6.45. The number of aliphatic imine (C=N–C) groups is 1. The molecule has 0 radical (unpaired) electrons. The molecule has 1 aromatic heterocycles. The number of guanidine groups is 1. The van der Waals surface area contributed by atoms with Crippen LogP contribution in [0.15, 0.2) is 35.5 Å². The van der Waals surface area contributed by atoms with E-state index in [4.69, 9.17) is 21.7 Å². The molecule has 0 aliphatic carbocycles. The number of carboxylic acids is 2. The molecule has 0 spiro atoms. The van der Waals surface area contributed by atoms with E-state index in [0.29, 0.717) is 6.29 Å². The van der Waals surface area contributed by atoms with Crippen molar-refractivity contribution in [3.63, 3.8) is 0 Å². The van der Waals surface area contributed by atoms with Crippen LogP contribution >= 0.6 is 0 Å². The van der Waals surface area contributed by atoms with Crippen LogP contribution in [0, 0.1) is 0 Å². The third kappa shape index (κ3) is 7.09. The lowest BCUT2D eigenvalue weighted by Gasteiger charge is -2.13. The van der Waals surface area contributed by atoms with Gasteiger partial charge in [-0.3, -0.25) is 19.2 Å². The summed E-state index contributed by atoms with van der Waals surface area (Å²) in [6.07, 6.45) is 0.690. The molecule has 172 valence electrons. The molecule has 14 heteroatoms. The van der Waals surface area contributed by atoms with Gasteiger partial charge in [0, 0.05) is 17.7 Å². The Bertz CT molecular complexity index is 1110. The van der Waals surface area contributed by atoms with E-state index in [9.17, 15) is 24.0 Å². The maximum absolute atomic E-state index is 12.4. The van der Waals surface area contributed by atoms with Crippen LogP contribution in [-0.2, 0) is 9.59 Å². The average molecular weight is 457 g/mol. The fraction of sp³-hybridized carbons (Fsp3) is 0.158. The van der Waals surface area contributed by atoms with E-state index < -0.39 is 36.2 Å². The maximum atomic E-state index is 12.4. The number of aromatic nitrogens is 2. The summed E-state index contributed by atoms with van der Waals surface area (Å²) in [6.45, 7) is 0. The summed E-state index contributed by atoms with van der Waals surface area (Å²) in [5.41, 5.74) is 10.4. The van der Waals surface area contributed by atoms with E-state index in [1.54, 1.807) is 0 Å². The minimum absolute atomic E-state index is 0.0826. The minimum Gasteiger partial charge on any atom is -0.481 e. The van der Waals surface area contributed by atoms with Crippen molar-refractivity contribution >= 4 is 47.5 Å². The van der Waals surface area contributed by atoms with Crippen LogP contribution in [0.4, 0.5) is 11.5 Å². The summed E-state index contributed by atoms with van der Waals surface area (Å²) in [7, 11) is 0. The van der Waals surface area contributed by atoms with Gasteiger partial charge in [0.1, 0.15) is 17.4 Å². The molecular weight excluding hydrogens is 438 g/mol. The lowest BCUT2D eigenvalue weighted by molar-refractivity contribution is -0.140. The molecule has 1 aromatic carbocycles. The number of carbonyl (C=O) groups excluding carboxylic acids is 3. The number of benzene rings is 1. The Morgan fingerprint density at radius 1 is 1.09 bits per heavy atom. The van der Waals surface area contributed by atoms with E-state index in [2.05, 4.69) is 25.6 Å². The minimum atomic E-state index is -1.37. The molecule has 1 unspecified atom stereocenters. The summed E-state index contributed by atoms with van der Waals surface area (Å²) in [5.74, 6) is -4.49. The average Bonchev–Trinajstić information content (AvgIpc) is 2.76. The summed E-state index contributed by atoms with van der Waals surface area (Å²) >= 11 is 0. The fourth-order valence-corrected chi connectivity index (χ4v) is 2.46. The molecule has 0 aliphatic rings. The maximum Gasteiger partial charge on any atom is 0.326 e. The first kappa shape index (κ1) is 24.4. The van der Waals surface area contributed by atoms with Crippen molar-refractivity contribution in [3.05, 3.63) is 47.4 Å². The highest BCUT2D eigenvalue weighted by molar-refractivity contribution is 6.04. The van der Waals surface area contributed by atoms with Gasteiger partial charge >= 0.3 is 11.9 Å². The summed E-state index contributed by atoms with van der Waals surface area (Å²) in [6, 6.07) is 4.03. The monoisotopic (exact) mass is 457 g/mol. The molecular formula is C19H19N7O7. The van der Waals surface area contributed by atoms with Gasteiger partial charge in [0.05, 0.1) is 6.20 Å². The van der Waals surface area contributed by atoms with Crippen molar-refractivity contribution < 1.29 is 34.2 Å². The molecule has 2 aromatic rings. The first-order chi connectivity index (χ1) is 15.6. The van der Waals surface area contributed by atoms with Crippen LogP contribution in [0.3, 0.4) is 0 Å². The summed E-state index contributed by atoms with van der Waals surface area (Å²) in [5, 5.41) is 22.5. The number of rotatable bonds is 10. The molecule has 0 bridgehead atoms. The third-order valence-corrected chi connectivity index (χ3v) is 4.01. The molecule has 0 aliphatic heterocycles. The molecule has 8 N–H and O–H groups in total. The largest absolute Gasteiger partial charge is 0.481 e. The second kappa shape index (κ2) is 10.9. The Labute approximate surface area is 185 Å². The second-order valence-corrected chi connectivity index (χ2v) is 6.45. The van der Waals surface area contributed by atoms with Crippen molar-refractivity contribution in [1.82, 2.24) is 15.3 Å². The molecule has 33 heavy (non-hydrogen) atoms. The number of nitrogens with two attached hydrogens (primary N) is 2. The molecule has 0 saturated heterocycles. The van der Waals surface area contributed by atoms with E-state index in [1.807, 2.05) is 0 Å². The van der Waals surface area contributed by atoms with Gasteiger partial charge in [-0.15, -0.1) is 0 Å². The molecule has 14 nitrogen and oxygen atoms in total. The number of aliphatic carboxylic acids is 2. The van der Waals surface area contributed by atoms with Gasteiger partial charge in [-0.25, -0.2) is 14.8 Å². The first-order valence-corrected chi connectivity index (χ1v) is 9.19. The van der Waals surface area contributed by atoms with Crippen LogP contribution in [0.25, 0.3) is 0 Å². The molecule has 1 atom stereocenters. The van der Waals surface area contributed by atoms with Gasteiger partial charge in [0.15, 0.2) is 18.1 Å². The van der Waals surface area contributed by atoms with E-state index in [0.717, 1.165) is 6.20 Å². The molecule has 0 saturated carbocycles. The van der Waals surface area contributed by atoms with E-state index >= 15 is 0 Å². The van der Waals surface area contributed by atoms with Crippen molar-refractivity contribution in [3.8, 4) is 0 Å². The smallest absolute Gasteiger partial charge is 0.326 e. The Balaban J connectivity index is 2.08. The number of carboxylic acid groups (broad SMARTS) is 2. The van der Waals surface area contributed by atoms with Crippen LogP contribution in [-0.4, -0.2) is 62.2 Å². The zero-order valence-corrected chi connectivity index (χ0v) is 16.9. The highest BCUT2D eigenvalue weighted by atomic mass is 16.4. The SMILES string of the molecule is NC(N)=Nc1ncc(C(=O)Nc2ccc(C(=O)NC(CCC(=O)O)C(=O)O)cc2)nc1C=O. The standard InChI is InChI=1S/C19H19N7O7/c20-19(21)26-15-13(8-27)24-12(7-22-15)17(31)23-10-3-1-9(2-4-10)16(30)25-11(18(32)33)5-6-14(28)29/h1-4,7-8,11H,5-6H2,(H,23,31)(H,25,30)(H,28,29)(H,32,33)(H4,20,21,22,26). The van der Waals surface area contributed by atoms with Crippen molar-refractivity contribution in [2.75, 3.05) is 5.32 Å². The number of nitrogens with one attached hydrogen (secondary N) is 2. The Kier molecular flexibility index (Phi) is 8.09. The highest BCUT2D eigenvalue weighted by Gasteiger charge is 2.21. The Hall–Kier alpha value is -4.88. The van der Waals surface area contributed by atoms with Crippen molar-refractivity contribution in [1.29, 1.82) is 0 Å². The lowest BCUT2D eigenvalue weighted by Crippen LogP contribution is -2.41. The van der Waals surface area contributed by atoms with E-state index in [1.165, 1.54) is 24.3 Å². The summed E-state index contributed by atoms with van der Waals surface area (Å²) < 4.78 is 0. The van der Waals surface area contributed by atoms with Gasteiger partial charge in [-0.05, 0) is 30.7 Å². The molecule has 0 fully saturated rings. The van der Waals surface area contributed by atoms with Gasteiger partial charge in [0.2, 0.25) is 0 Å². The predicted molar refractivity (Wildman–Crippen MR) is 113 cm³/mol. The van der Waals surface area contributed by atoms with Gasteiger partial charge in [0.25, 0.3) is 11.8 Å². The predicted octanol–water partition coefficient (Wildman–Crippen LogP) is -0.506. The fourth-order valence-electron chi connectivity index (χ4n) is 2.46. The van der Waals surface area contributed by atoms with Crippen molar-refractivity contribution in [2.45, 2.75) is 18.9 Å². The Morgan fingerprint density at radius 2 is 1.76 bits per heavy atom. The van der Waals surface area contributed by atoms with Gasteiger partial charge in [-0.1, -0.05) is 0 Å². The summed E-state index contributed by atoms with van der Waals surface area (Å²) in [4.78, 5) is 68.9. The highest BCUT2D eigenvalue weighted by Crippen LogP contribution is 2.14. The van der Waals surface area contributed by atoms with Crippen LogP contribution in [0.5, 0.6) is 0 Å². The Morgan fingerprint density at radius 3 is 2.30 bits per heavy atom. The van der Waals surface area contributed by atoms with Crippen molar-refractivity contribution in [2.24, 2.45) is 16.5 Å². The third-order valence-electron chi connectivity index (χ3n) is 4.01. The number of aldehydes is 1.